The highest BCUT2D eigenvalue weighted by atomic mass is 16.1. The summed E-state index contributed by atoms with van der Waals surface area (Å²) in [7, 11) is 0. The van der Waals surface area contributed by atoms with E-state index in [-0.39, 0.29) is 0 Å². The molecule has 0 fully saturated rings. The Morgan fingerprint density at radius 2 is 2.31 bits per heavy atom. The molecule has 64 valence electrons. The van der Waals surface area contributed by atoms with E-state index in [0.29, 0.717) is 12.1 Å². The van der Waals surface area contributed by atoms with Crippen LogP contribution in [0.5, 0.6) is 0 Å². The Labute approximate surface area is 76.3 Å². The third-order valence-corrected chi connectivity index (χ3v) is 1.79. The maximum absolute atomic E-state index is 9.89. The van der Waals surface area contributed by atoms with Gasteiger partial charge in [-0.15, -0.1) is 0 Å². The topological polar surface area (TPSA) is 53.2 Å². The van der Waals surface area contributed by atoms with E-state index in [0.717, 1.165) is 11.1 Å². The van der Waals surface area contributed by atoms with Gasteiger partial charge in [0.25, 0.3) is 0 Å². The molecule has 13 heavy (non-hydrogen) atoms. The summed E-state index contributed by atoms with van der Waals surface area (Å²) in [4.78, 5) is 13.4. The standard InChI is InChI=1S/C10H8N2O/c1-8-2-3-9(5-11)4-10(8)6-12-7-13/h2-4H,6H2,1H3. The van der Waals surface area contributed by atoms with Crippen LogP contribution in [0.4, 0.5) is 0 Å². The van der Waals surface area contributed by atoms with Crippen molar-refractivity contribution in [2.75, 3.05) is 0 Å². The summed E-state index contributed by atoms with van der Waals surface area (Å²) in [5.74, 6) is 0. The number of aliphatic imine (C=N–C) groups is 1. The molecule has 1 rings (SSSR count). The molecule has 0 aliphatic rings. The van der Waals surface area contributed by atoms with E-state index in [2.05, 4.69) is 4.99 Å². The maximum Gasteiger partial charge on any atom is 0.235 e. The van der Waals surface area contributed by atoms with Crippen LogP contribution in [0.1, 0.15) is 16.7 Å². The second kappa shape index (κ2) is 4.20. The number of rotatable bonds is 2. The molecule has 0 unspecified atom stereocenters. The van der Waals surface area contributed by atoms with Crippen molar-refractivity contribution in [1.82, 2.24) is 0 Å². The lowest BCUT2D eigenvalue weighted by atomic mass is 10.1. The fourth-order valence-electron chi connectivity index (χ4n) is 1.03. The Hall–Kier alpha value is -1.91. The minimum absolute atomic E-state index is 0.296. The predicted molar refractivity (Wildman–Crippen MR) is 47.7 cm³/mol. The molecule has 3 nitrogen and oxygen atoms in total. The van der Waals surface area contributed by atoms with E-state index in [4.69, 9.17) is 5.26 Å². The Bertz CT molecular complexity index is 398. The van der Waals surface area contributed by atoms with Crippen molar-refractivity contribution < 1.29 is 4.79 Å². The summed E-state index contributed by atoms with van der Waals surface area (Å²) in [5, 5.41) is 8.62. The Kier molecular flexibility index (Phi) is 2.97. The van der Waals surface area contributed by atoms with Crippen LogP contribution in [0.25, 0.3) is 0 Å². The van der Waals surface area contributed by atoms with Crippen molar-refractivity contribution in [3.63, 3.8) is 0 Å². The minimum Gasteiger partial charge on any atom is -0.211 e. The first kappa shape index (κ1) is 9.18. The monoisotopic (exact) mass is 172 g/mol. The van der Waals surface area contributed by atoms with Gasteiger partial charge in [0, 0.05) is 0 Å². The average Bonchev–Trinajstić information content (AvgIpc) is 2.17. The normalized spacial score (nSPS) is 8.62. The summed E-state index contributed by atoms with van der Waals surface area (Å²) in [6.07, 6.45) is 1.47. The molecule has 0 aliphatic heterocycles. The highest BCUT2D eigenvalue weighted by molar-refractivity contribution is 5.39. The number of nitrogens with zero attached hydrogens (tertiary/aromatic N) is 2. The molecule has 0 N–H and O–H groups in total. The van der Waals surface area contributed by atoms with Crippen LogP contribution in [0.3, 0.4) is 0 Å². The Balaban J connectivity index is 3.05. The summed E-state index contributed by atoms with van der Waals surface area (Å²) in [6, 6.07) is 7.34. The minimum atomic E-state index is 0.296. The molecule has 0 heterocycles. The second-order valence-electron chi connectivity index (χ2n) is 2.66. The Morgan fingerprint density at radius 1 is 1.54 bits per heavy atom. The molecule has 3 heteroatoms. The molecule has 0 spiro atoms. The molecule has 1 aromatic carbocycles. The van der Waals surface area contributed by atoms with E-state index >= 15 is 0 Å². The van der Waals surface area contributed by atoms with Gasteiger partial charge in [0.2, 0.25) is 6.08 Å². The lowest BCUT2D eigenvalue weighted by Gasteiger charge is -2.00. The summed E-state index contributed by atoms with van der Waals surface area (Å²) >= 11 is 0. The molecule has 0 atom stereocenters. The first-order valence-corrected chi connectivity index (χ1v) is 3.81. The van der Waals surface area contributed by atoms with Crippen LogP contribution in [0.15, 0.2) is 23.2 Å². The summed E-state index contributed by atoms with van der Waals surface area (Å²) in [6.45, 7) is 2.21. The van der Waals surface area contributed by atoms with Crippen molar-refractivity contribution in [2.24, 2.45) is 4.99 Å². The van der Waals surface area contributed by atoms with Gasteiger partial charge in [-0.25, -0.2) is 9.79 Å². The molecule has 0 aromatic heterocycles. The van der Waals surface area contributed by atoms with Crippen molar-refractivity contribution in [2.45, 2.75) is 13.5 Å². The van der Waals surface area contributed by atoms with Gasteiger partial charge < -0.3 is 0 Å². The fraction of sp³-hybridized carbons (Fsp3) is 0.200. The van der Waals surface area contributed by atoms with Crippen LogP contribution >= 0.6 is 0 Å². The van der Waals surface area contributed by atoms with Gasteiger partial charge in [0.05, 0.1) is 18.2 Å². The van der Waals surface area contributed by atoms with Crippen molar-refractivity contribution in [1.29, 1.82) is 5.26 Å². The number of hydrogen-bond donors (Lipinski definition) is 0. The lowest BCUT2D eigenvalue weighted by molar-refractivity contribution is 0.562. The number of isocyanates is 1. The van der Waals surface area contributed by atoms with Gasteiger partial charge in [-0.1, -0.05) is 6.07 Å². The van der Waals surface area contributed by atoms with Gasteiger partial charge >= 0.3 is 0 Å². The van der Waals surface area contributed by atoms with Crippen molar-refractivity contribution >= 4 is 6.08 Å². The van der Waals surface area contributed by atoms with E-state index in [1.54, 1.807) is 12.1 Å². The first-order chi connectivity index (χ1) is 6.27. The van der Waals surface area contributed by atoms with E-state index in [1.807, 2.05) is 19.1 Å². The average molecular weight is 172 g/mol. The zero-order valence-corrected chi connectivity index (χ0v) is 7.24. The van der Waals surface area contributed by atoms with Crippen LogP contribution in [0.2, 0.25) is 0 Å². The number of nitriles is 1. The third kappa shape index (κ3) is 2.26. The molecule has 0 saturated carbocycles. The van der Waals surface area contributed by atoms with Gasteiger partial charge in [-0.05, 0) is 30.2 Å². The van der Waals surface area contributed by atoms with Crippen LogP contribution in [-0.2, 0) is 11.3 Å². The molecular weight excluding hydrogens is 164 g/mol. The van der Waals surface area contributed by atoms with Gasteiger partial charge in [0.15, 0.2) is 0 Å². The zero-order valence-electron chi connectivity index (χ0n) is 7.24. The van der Waals surface area contributed by atoms with Gasteiger partial charge in [-0.2, -0.15) is 5.26 Å². The van der Waals surface area contributed by atoms with Crippen molar-refractivity contribution in [3.8, 4) is 6.07 Å². The van der Waals surface area contributed by atoms with E-state index in [9.17, 15) is 4.79 Å². The zero-order chi connectivity index (χ0) is 9.68. The fourth-order valence-corrected chi connectivity index (χ4v) is 1.03. The Morgan fingerprint density at radius 3 is 2.92 bits per heavy atom. The lowest BCUT2D eigenvalue weighted by Crippen LogP contribution is -1.88. The van der Waals surface area contributed by atoms with Crippen LogP contribution in [-0.4, -0.2) is 6.08 Å². The number of carbonyl (C=O) groups excluding carboxylic acids is 1. The summed E-state index contributed by atoms with van der Waals surface area (Å²) < 4.78 is 0. The molecule has 0 bridgehead atoms. The largest absolute Gasteiger partial charge is 0.235 e. The third-order valence-electron chi connectivity index (χ3n) is 1.79. The first-order valence-electron chi connectivity index (χ1n) is 3.81. The predicted octanol–water partition coefficient (Wildman–Crippen LogP) is 1.70. The molecular formula is C10H8N2O. The maximum atomic E-state index is 9.89. The van der Waals surface area contributed by atoms with Gasteiger partial charge in [0.1, 0.15) is 0 Å². The second-order valence-corrected chi connectivity index (χ2v) is 2.66. The van der Waals surface area contributed by atoms with Crippen molar-refractivity contribution in [3.05, 3.63) is 34.9 Å². The number of aryl methyl sites for hydroxylation is 1. The number of hydrogen-bond acceptors (Lipinski definition) is 3. The van der Waals surface area contributed by atoms with Gasteiger partial charge in [-0.3, -0.25) is 0 Å². The quantitative estimate of drug-likeness (QED) is 0.503. The van der Waals surface area contributed by atoms with E-state index in [1.165, 1.54) is 6.08 Å². The molecule has 0 aliphatic carbocycles. The number of benzene rings is 1. The highest BCUT2D eigenvalue weighted by Gasteiger charge is 1.98. The van der Waals surface area contributed by atoms with Crippen LogP contribution in [0, 0.1) is 18.3 Å². The summed E-state index contributed by atoms with van der Waals surface area (Å²) in [5.41, 5.74) is 2.50. The molecule has 0 radical (unpaired) electrons. The van der Waals surface area contributed by atoms with Crippen LogP contribution < -0.4 is 0 Å². The molecule has 0 saturated heterocycles. The highest BCUT2D eigenvalue weighted by Crippen LogP contribution is 2.11. The molecule has 1 aromatic rings. The van der Waals surface area contributed by atoms with E-state index < -0.39 is 0 Å². The molecule has 0 amide bonds. The smallest absolute Gasteiger partial charge is 0.211 e. The SMILES string of the molecule is Cc1ccc(C#N)cc1CN=C=O.